The number of nitrogens with two attached hydrogens (primary N) is 1. The predicted octanol–water partition coefficient (Wildman–Crippen LogP) is 5.65. The van der Waals surface area contributed by atoms with Gasteiger partial charge >= 0.3 is 0 Å². The fourth-order valence-corrected chi connectivity index (χ4v) is 4.74. The standard InChI is InChI=1S/C28H33N3OS/c1-5-26(33-6-2)19-31-16-14-22(15-17-31)27(25-9-7-8-24(18-25)20(3)29)21-10-12-23(13-11-21)28(32)30-4/h5-13,18H,2-3,14-17,19,29H2,1,4H3,(H,30,32)/b26-5-. The van der Waals surface area contributed by atoms with Gasteiger partial charge in [0, 0.05) is 37.9 Å². The lowest BCUT2D eigenvalue weighted by molar-refractivity contribution is 0.0963. The predicted molar refractivity (Wildman–Crippen MR) is 143 cm³/mol. The molecule has 3 N–H and O–H groups in total. The number of thioether (sulfide) groups is 1. The highest BCUT2D eigenvalue weighted by Gasteiger charge is 2.20. The molecule has 0 aliphatic carbocycles. The minimum atomic E-state index is -0.0809. The summed E-state index contributed by atoms with van der Waals surface area (Å²) in [6, 6.07) is 16.1. The lowest BCUT2D eigenvalue weighted by atomic mass is 9.87. The number of hydrogen-bond acceptors (Lipinski definition) is 4. The summed E-state index contributed by atoms with van der Waals surface area (Å²) >= 11 is 1.70. The Labute approximate surface area is 201 Å². The van der Waals surface area contributed by atoms with E-state index in [0.29, 0.717) is 11.3 Å². The Morgan fingerprint density at radius 1 is 1.09 bits per heavy atom. The summed E-state index contributed by atoms with van der Waals surface area (Å²) in [5.41, 5.74) is 13.0. The molecule has 172 valence electrons. The molecule has 0 unspecified atom stereocenters. The zero-order chi connectivity index (χ0) is 23.8. The average molecular weight is 460 g/mol. The monoisotopic (exact) mass is 459 g/mol. The van der Waals surface area contributed by atoms with Gasteiger partial charge in [-0.05, 0) is 70.5 Å². The Hall–Kier alpha value is -3.02. The second-order valence-electron chi connectivity index (χ2n) is 8.06. The van der Waals surface area contributed by atoms with Crippen LogP contribution in [0, 0.1) is 0 Å². The van der Waals surface area contributed by atoms with Crippen molar-refractivity contribution in [2.75, 3.05) is 26.7 Å². The van der Waals surface area contributed by atoms with E-state index in [9.17, 15) is 4.79 Å². The van der Waals surface area contributed by atoms with Crippen LogP contribution in [0.15, 0.2) is 83.7 Å². The van der Waals surface area contributed by atoms with Crippen molar-refractivity contribution in [3.05, 3.63) is 106 Å². The van der Waals surface area contributed by atoms with Crippen LogP contribution in [0.4, 0.5) is 0 Å². The van der Waals surface area contributed by atoms with Gasteiger partial charge in [-0.25, -0.2) is 0 Å². The number of nitrogens with zero attached hydrogens (tertiary/aromatic N) is 1. The Balaban J connectivity index is 1.95. The maximum absolute atomic E-state index is 12.0. The van der Waals surface area contributed by atoms with Crippen molar-refractivity contribution < 1.29 is 4.79 Å². The largest absolute Gasteiger partial charge is 0.399 e. The molecule has 33 heavy (non-hydrogen) atoms. The van der Waals surface area contributed by atoms with Crippen LogP contribution in [0.1, 0.15) is 46.8 Å². The fraction of sp³-hybridized carbons (Fsp3) is 0.250. The Bertz CT molecular complexity index is 1070. The van der Waals surface area contributed by atoms with Crippen LogP contribution in [0.25, 0.3) is 11.3 Å². The van der Waals surface area contributed by atoms with E-state index in [1.807, 2.05) is 41.8 Å². The fourth-order valence-electron chi connectivity index (χ4n) is 4.14. The lowest BCUT2D eigenvalue weighted by Crippen LogP contribution is -2.32. The highest BCUT2D eigenvalue weighted by molar-refractivity contribution is 8.05. The van der Waals surface area contributed by atoms with Crippen LogP contribution in [-0.2, 0) is 0 Å². The van der Waals surface area contributed by atoms with E-state index >= 15 is 0 Å². The van der Waals surface area contributed by atoms with Crippen molar-refractivity contribution in [3.63, 3.8) is 0 Å². The highest BCUT2D eigenvalue weighted by atomic mass is 32.2. The van der Waals surface area contributed by atoms with Gasteiger partial charge in [0.05, 0.1) is 0 Å². The topological polar surface area (TPSA) is 58.4 Å². The quantitative estimate of drug-likeness (QED) is 0.535. The van der Waals surface area contributed by atoms with Crippen molar-refractivity contribution in [2.24, 2.45) is 5.73 Å². The van der Waals surface area contributed by atoms with E-state index in [4.69, 9.17) is 5.73 Å². The van der Waals surface area contributed by atoms with E-state index in [1.165, 1.54) is 16.1 Å². The molecular formula is C28H33N3OS. The van der Waals surface area contributed by atoms with E-state index in [-0.39, 0.29) is 5.91 Å². The van der Waals surface area contributed by atoms with Crippen LogP contribution in [-0.4, -0.2) is 37.5 Å². The number of allylic oxidation sites excluding steroid dienone is 1. The first kappa shape index (κ1) is 24.6. The van der Waals surface area contributed by atoms with Crippen LogP contribution in [0.2, 0.25) is 0 Å². The van der Waals surface area contributed by atoms with Gasteiger partial charge < -0.3 is 11.1 Å². The molecule has 2 aromatic rings. The third-order valence-electron chi connectivity index (χ3n) is 5.93. The van der Waals surface area contributed by atoms with Gasteiger partial charge in [-0.2, -0.15) is 0 Å². The lowest BCUT2D eigenvalue weighted by Gasteiger charge is -2.30. The first-order chi connectivity index (χ1) is 16.0. The van der Waals surface area contributed by atoms with Gasteiger partial charge in [-0.1, -0.05) is 55.1 Å². The molecule has 0 radical (unpaired) electrons. The molecule has 0 spiro atoms. The molecule has 0 bridgehead atoms. The summed E-state index contributed by atoms with van der Waals surface area (Å²) in [7, 11) is 1.65. The van der Waals surface area contributed by atoms with Crippen molar-refractivity contribution in [3.8, 4) is 0 Å². The van der Waals surface area contributed by atoms with Crippen molar-refractivity contribution >= 4 is 28.9 Å². The minimum absolute atomic E-state index is 0.0809. The molecule has 5 heteroatoms. The highest BCUT2D eigenvalue weighted by Crippen LogP contribution is 2.34. The maximum atomic E-state index is 12.0. The molecule has 0 aromatic heterocycles. The molecule has 1 saturated heterocycles. The molecule has 1 heterocycles. The molecule has 4 nitrogen and oxygen atoms in total. The molecule has 1 aliphatic rings. The SMILES string of the molecule is C=CS/C(=C\C)CN1CCC(=C(c2ccc(C(=O)NC)cc2)c2cccc(C(=C)N)c2)CC1. The Morgan fingerprint density at radius 2 is 1.73 bits per heavy atom. The number of hydrogen-bond donors (Lipinski definition) is 2. The molecule has 2 aromatic carbocycles. The number of benzene rings is 2. The Kier molecular flexibility index (Phi) is 8.75. The normalized spacial score (nSPS) is 14.6. The van der Waals surface area contributed by atoms with Crippen molar-refractivity contribution in [2.45, 2.75) is 19.8 Å². The number of amides is 1. The maximum Gasteiger partial charge on any atom is 0.251 e. The molecule has 1 aliphatic heterocycles. The van der Waals surface area contributed by atoms with Crippen LogP contribution in [0.3, 0.4) is 0 Å². The average Bonchev–Trinajstić information content (AvgIpc) is 2.85. The van der Waals surface area contributed by atoms with Gasteiger partial charge in [0.2, 0.25) is 0 Å². The molecule has 1 amide bonds. The molecule has 1 fully saturated rings. The smallest absolute Gasteiger partial charge is 0.251 e. The van der Waals surface area contributed by atoms with Crippen LogP contribution in [0.5, 0.6) is 0 Å². The zero-order valence-corrected chi connectivity index (χ0v) is 20.4. The number of carbonyl (C=O) groups excluding carboxylic acids is 1. The summed E-state index contributed by atoms with van der Waals surface area (Å²) in [5, 5.41) is 4.58. The second kappa shape index (κ2) is 11.7. The summed E-state index contributed by atoms with van der Waals surface area (Å²) in [5.74, 6) is -0.0809. The van der Waals surface area contributed by atoms with E-state index in [1.54, 1.807) is 18.8 Å². The summed E-state index contributed by atoms with van der Waals surface area (Å²) in [6.45, 7) is 12.8. The summed E-state index contributed by atoms with van der Waals surface area (Å²) in [4.78, 5) is 15.8. The van der Waals surface area contributed by atoms with Gasteiger partial charge in [0.1, 0.15) is 0 Å². The zero-order valence-electron chi connectivity index (χ0n) is 19.6. The number of rotatable bonds is 8. The molecule has 0 saturated carbocycles. The Morgan fingerprint density at radius 3 is 2.30 bits per heavy atom. The minimum Gasteiger partial charge on any atom is -0.399 e. The van der Waals surface area contributed by atoms with E-state index in [0.717, 1.165) is 49.2 Å². The first-order valence-electron chi connectivity index (χ1n) is 11.2. The van der Waals surface area contributed by atoms with Gasteiger partial charge in [-0.3, -0.25) is 9.69 Å². The van der Waals surface area contributed by atoms with Gasteiger partial charge in [0.15, 0.2) is 0 Å². The number of piperidine rings is 1. The molecular weight excluding hydrogens is 426 g/mol. The number of carbonyl (C=O) groups is 1. The van der Waals surface area contributed by atoms with Crippen molar-refractivity contribution in [1.29, 1.82) is 0 Å². The van der Waals surface area contributed by atoms with Crippen molar-refractivity contribution in [1.82, 2.24) is 10.2 Å². The van der Waals surface area contributed by atoms with Gasteiger partial charge in [-0.15, -0.1) is 11.8 Å². The first-order valence-corrected chi connectivity index (χ1v) is 12.1. The van der Waals surface area contributed by atoms with E-state index < -0.39 is 0 Å². The number of likely N-dealkylation sites (tertiary alicyclic amines) is 1. The van der Waals surface area contributed by atoms with Crippen LogP contribution < -0.4 is 11.1 Å². The summed E-state index contributed by atoms with van der Waals surface area (Å²) in [6.07, 6.45) is 4.16. The molecule has 3 rings (SSSR count). The van der Waals surface area contributed by atoms with E-state index in [2.05, 4.69) is 48.5 Å². The molecule has 0 atom stereocenters. The third-order valence-corrected chi connectivity index (χ3v) is 6.77. The second-order valence-corrected chi connectivity index (χ2v) is 9.15. The summed E-state index contributed by atoms with van der Waals surface area (Å²) < 4.78 is 0. The third kappa shape index (κ3) is 6.28. The number of nitrogens with one attached hydrogen (secondary N) is 1. The van der Waals surface area contributed by atoms with Gasteiger partial charge in [0.25, 0.3) is 5.91 Å². The van der Waals surface area contributed by atoms with Crippen LogP contribution >= 0.6 is 11.8 Å².